The van der Waals surface area contributed by atoms with Gasteiger partial charge in [0.15, 0.2) is 0 Å². The molecule has 1 heteroatoms. The fraction of sp³-hybridized carbons (Fsp3) is 0.0476. The summed E-state index contributed by atoms with van der Waals surface area (Å²) in [5.74, 6) is 0. The van der Waals surface area contributed by atoms with Gasteiger partial charge in [-0.2, -0.15) is 0 Å². The van der Waals surface area contributed by atoms with E-state index in [1.807, 2.05) is 11.8 Å². The Morgan fingerprint density at radius 2 is 1.05 bits per heavy atom. The van der Waals surface area contributed by atoms with E-state index in [-0.39, 0.29) is 0 Å². The summed E-state index contributed by atoms with van der Waals surface area (Å²) in [4.78, 5) is 1.32. The molecule has 0 nitrogen and oxygen atoms in total. The van der Waals surface area contributed by atoms with Crippen LogP contribution in [-0.2, 0) is 0 Å². The summed E-state index contributed by atoms with van der Waals surface area (Å²) in [6, 6.07) is 49.2. The van der Waals surface area contributed by atoms with Crippen LogP contribution in [0.3, 0.4) is 0 Å². The number of benzene rings is 7. The van der Waals surface area contributed by atoms with E-state index >= 15 is 0 Å². The molecule has 0 saturated carbocycles. The number of allylic oxidation sites excluding steroid dienone is 4. The minimum atomic E-state index is 1.01. The van der Waals surface area contributed by atoms with E-state index in [4.69, 9.17) is 0 Å². The average Bonchev–Trinajstić information content (AvgIpc) is 3.62. The van der Waals surface area contributed by atoms with Crippen molar-refractivity contribution >= 4 is 49.7 Å². The second-order valence-corrected chi connectivity index (χ2v) is 12.0. The van der Waals surface area contributed by atoms with Crippen LogP contribution >= 0.6 is 11.8 Å². The lowest BCUT2D eigenvalue weighted by Gasteiger charge is -2.19. The van der Waals surface area contributed by atoms with Crippen LogP contribution in [0.25, 0.3) is 71.3 Å². The van der Waals surface area contributed by atoms with Gasteiger partial charge in [0.1, 0.15) is 0 Å². The van der Waals surface area contributed by atoms with Gasteiger partial charge in [-0.15, -0.1) is 11.8 Å². The smallest absolute Gasteiger partial charge is 0.0148 e. The molecule has 0 N–H and O–H groups in total. The lowest BCUT2D eigenvalue weighted by atomic mass is 9.85. The quantitative estimate of drug-likeness (QED) is 0.147. The van der Waals surface area contributed by atoms with E-state index in [1.54, 1.807) is 0 Å². The summed E-state index contributed by atoms with van der Waals surface area (Å²) >= 11 is 1.82. The second-order valence-electron chi connectivity index (χ2n) is 11.2. The highest BCUT2D eigenvalue weighted by Crippen LogP contribution is 2.45. The molecule has 43 heavy (non-hydrogen) atoms. The molecule has 8 rings (SSSR count). The van der Waals surface area contributed by atoms with Gasteiger partial charge in [-0.05, 0) is 102 Å². The van der Waals surface area contributed by atoms with E-state index in [0.717, 1.165) is 6.42 Å². The Morgan fingerprint density at radius 1 is 0.488 bits per heavy atom. The monoisotopic (exact) mass is 566 g/mol. The fourth-order valence-electron chi connectivity index (χ4n) is 6.79. The molecule has 0 heterocycles. The number of thioether (sulfide) groups is 1. The highest BCUT2D eigenvalue weighted by Gasteiger charge is 2.18. The topological polar surface area (TPSA) is 0 Å². The first-order valence-corrected chi connectivity index (χ1v) is 16.1. The molecular weight excluding hydrogens is 537 g/mol. The molecule has 0 atom stereocenters. The summed E-state index contributed by atoms with van der Waals surface area (Å²) < 4.78 is 0. The van der Waals surface area contributed by atoms with Crippen molar-refractivity contribution in [2.24, 2.45) is 0 Å². The molecule has 7 aromatic carbocycles. The summed E-state index contributed by atoms with van der Waals surface area (Å²) in [7, 11) is 0. The Morgan fingerprint density at radius 3 is 1.67 bits per heavy atom. The molecule has 0 aliphatic heterocycles. The Labute approximate surface area is 257 Å². The van der Waals surface area contributed by atoms with E-state index in [0.29, 0.717) is 0 Å². The number of hydrogen-bond donors (Lipinski definition) is 0. The van der Waals surface area contributed by atoms with E-state index in [2.05, 4.69) is 158 Å². The normalized spacial score (nSPS) is 12.8. The van der Waals surface area contributed by atoms with Gasteiger partial charge in [-0.3, -0.25) is 0 Å². The molecular formula is C42H30S. The van der Waals surface area contributed by atoms with Crippen LogP contribution in [0.4, 0.5) is 0 Å². The van der Waals surface area contributed by atoms with Crippen LogP contribution < -0.4 is 0 Å². The molecule has 0 fully saturated rings. The third-order valence-corrected chi connectivity index (χ3v) is 9.57. The maximum Gasteiger partial charge on any atom is 0.0148 e. The van der Waals surface area contributed by atoms with Gasteiger partial charge in [-0.25, -0.2) is 0 Å². The minimum absolute atomic E-state index is 1.01. The van der Waals surface area contributed by atoms with Crippen LogP contribution in [0, 0.1) is 0 Å². The maximum absolute atomic E-state index is 2.40. The Hall–Kier alpha value is -4.85. The molecule has 0 spiro atoms. The van der Waals surface area contributed by atoms with Crippen LogP contribution in [0.2, 0.25) is 0 Å². The van der Waals surface area contributed by atoms with Crippen molar-refractivity contribution in [3.8, 4) is 33.4 Å². The number of rotatable bonds is 5. The van der Waals surface area contributed by atoms with Gasteiger partial charge >= 0.3 is 0 Å². The molecule has 1 aliphatic carbocycles. The second kappa shape index (κ2) is 10.8. The largest absolute Gasteiger partial charge is 0.129 e. The summed E-state index contributed by atoms with van der Waals surface area (Å²) in [5, 5.41) is 7.69. The molecule has 7 aromatic rings. The van der Waals surface area contributed by atoms with Gasteiger partial charge in [0.25, 0.3) is 0 Å². The SMILES string of the molecule is CSc1ccc(-c2c3ccccc3c(-c3ccc(-c4cccc5ccccc45)cc3)c3ccccc23)cc1C1=CCC=C1. The Bertz CT molecular complexity index is 2170. The lowest BCUT2D eigenvalue weighted by molar-refractivity contribution is 1.40. The molecule has 204 valence electrons. The summed E-state index contributed by atoms with van der Waals surface area (Å²) in [6.45, 7) is 0. The van der Waals surface area contributed by atoms with Crippen molar-refractivity contribution in [3.63, 3.8) is 0 Å². The minimum Gasteiger partial charge on any atom is -0.129 e. The van der Waals surface area contributed by atoms with Crippen LogP contribution in [-0.4, -0.2) is 6.26 Å². The molecule has 0 aromatic heterocycles. The summed E-state index contributed by atoms with van der Waals surface area (Å²) in [6.07, 6.45) is 10.0. The predicted molar refractivity (Wildman–Crippen MR) is 189 cm³/mol. The fourth-order valence-corrected chi connectivity index (χ4v) is 7.39. The van der Waals surface area contributed by atoms with Crippen molar-refractivity contribution in [1.29, 1.82) is 0 Å². The van der Waals surface area contributed by atoms with Crippen molar-refractivity contribution in [2.75, 3.05) is 6.26 Å². The van der Waals surface area contributed by atoms with E-state index in [1.165, 1.54) is 81.7 Å². The molecule has 1 aliphatic rings. The first-order valence-electron chi connectivity index (χ1n) is 14.9. The molecule has 0 amide bonds. The zero-order chi connectivity index (χ0) is 28.8. The van der Waals surface area contributed by atoms with E-state index in [9.17, 15) is 0 Å². The molecule has 0 saturated heterocycles. The van der Waals surface area contributed by atoms with E-state index < -0.39 is 0 Å². The maximum atomic E-state index is 2.40. The molecule has 0 unspecified atom stereocenters. The van der Waals surface area contributed by atoms with Crippen LogP contribution in [0.5, 0.6) is 0 Å². The Balaban J connectivity index is 1.34. The third kappa shape index (κ3) is 4.40. The first-order chi connectivity index (χ1) is 21.3. The van der Waals surface area contributed by atoms with Gasteiger partial charge in [-0.1, -0.05) is 140 Å². The zero-order valence-corrected chi connectivity index (χ0v) is 24.9. The van der Waals surface area contributed by atoms with Gasteiger partial charge < -0.3 is 0 Å². The summed E-state index contributed by atoms with van der Waals surface area (Å²) in [5.41, 5.74) is 10.2. The highest BCUT2D eigenvalue weighted by molar-refractivity contribution is 7.98. The standard InChI is InChI=1S/C42H30S/c1-43-40-26-25-32(27-39(40)29-12-2-3-13-29)42-37-18-8-6-16-35(37)41(36-17-7-9-19-38(36)42)31-23-21-30(22-24-31)34-20-10-14-28-11-4-5-15-33(28)34/h2,4-27H,3H2,1H3. The molecule has 0 bridgehead atoms. The Kier molecular flexibility index (Phi) is 6.47. The van der Waals surface area contributed by atoms with Gasteiger partial charge in [0.2, 0.25) is 0 Å². The predicted octanol–water partition coefficient (Wildman–Crippen LogP) is 12.2. The number of fused-ring (bicyclic) bond motifs is 3. The third-order valence-electron chi connectivity index (χ3n) is 8.78. The number of hydrogen-bond acceptors (Lipinski definition) is 1. The van der Waals surface area contributed by atoms with Crippen molar-refractivity contribution in [3.05, 3.63) is 157 Å². The average molecular weight is 567 g/mol. The van der Waals surface area contributed by atoms with Crippen molar-refractivity contribution in [2.45, 2.75) is 11.3 Å². The van der Waals surface area contributed by atoms with Crippen LogP contribution in [0.15, 0.2) is 157 Å². The first kappa shape index (κ1) is 25.8. The molecule has 0 radical (unpaired) electrons. The van der Waals surface area contributed by atoms with Crippen LogP contribution in [0.1, 0.15) is 12.0 Å². The van der Waals surface area contributed by atoms with Crippen molar-refractivity contribution < 1.29 is 0 Å². The van der Waals surface area contributed by atoms with Gasteiger partial charge in [0, 0.05) is 4.90 Å². The van der Waals surface area contributed by atoms with Gasteiger partial charge in [0.05, 0.1) is 0 Å². The highest BCUT2D eigenvalue weighted by atomic mass is 32.2. The zero-order valence-electron chi connectivity index (χ0n) is 24.0. The lowest BCUT2D eigenvalue weighted by Crippen LogP contribution is -1.92. The van der Waals surface area contributed by atoms with Crippen molar-refractivity contribution in [1.82, 2.24) is 0 Å².